The standard InChI is InChI=1S/C28H31NO2.ClH/c1-4-9-21-13-16-28(31-27(17-18-29-3)22-11-7-6-8-12-22)25(19-21)23-14-15-26(30)24(20-23)10-5-2;/h4-8,11-16,19-20,27,29-30H,1-2,9-10,17-18H2,3H3;1H. The van der Waals surface area contributed by atoms with Gasteiger partial charge in [-0.05, 0) is 73.0 Å². The minimum Gasteiger partial charge on any atom is -0.508 e. The van der Waals surface area contributed by atoms with Gasteiger partial charge >= 0.3 is 0 Å². The van der Waals surface area contributed by atoms with Gasteiger partial charge in [0.05, 0.1) is 0 Å². The SMILES string of the molecule is C=CCc1ccc(OC(CCNC)c2ccccc2)c(-c2ccc(O)c(CC=C)c2)c1.Cl. The van der Waals surface area contributed by atoms with Crippen LogP contribution < -0.4 is 10.1 Å². The van der Waals surface area contributed by atoms with E-state index in [2.05, 4.69) is 42.7 Å². The summed E-state index contributed by atoms with van der Waals surface area (Å²) in [5.41, 5.74) is 5.19. The van der Waals surface area contributed by atoms with E-state index >= 15 is 0 Å². The van der Waals surface area contributed by atoms with Crippen LogP contribution in [-0.4, -0.2) is 18.7 Å². The summed E-state index contributed by atoms with van der Waals surface area (Å²) in [7, 11) is 1.95. The van der Waals surface area contributed by atoms with Crippen LogP contribution >= 0.6 is 12.4 Å². The average Bonchev–Trinajstić information content (AvgIpc) is 2.80. The molecule has 0 heterocycles. The van der Waals surface area contributed by atoms with Crippen molar-refractivity contribution in [3.8, 4) is 22.6 Å². The number of phenols is 1. The molecule has 0 spiro atoms. The Bertz CT molecular complexity index is 1020. The van der Waals surface area contributed by atoms with Crippen molar-refractivity contribution in [2.45, 2.75) is 25.4 Å². The van der Waals surface area contributed by atoms with Crippen molar-refractivity contribution in [2.75, 3.05) is 13.6 Å². The van der Waals surface area contributed by atoms with Crippen LogP contribution in [0.2, 0.25) is 0 Å². The molecular formula is C28H32ClNO2. The fraction of sp³-hybridized carbons (Fsp3) is 0.214. The summed E-state index contributed by atoms with van der Waals surface area (Å²) >= 11 is 0. The molecule has 1 unspecified atom stereocenters. The summed E-state index contributed by atoms with van der Waals surface area (Å²) < 4.78 is 6.60. The van der Waals surface area contributed by atoms with Gasteiger partial charge in [0.15, 0.2) is 0 Å². The Morgan fingerprint density at radius 3 is 2.41 bits per heavy atom. The van der Waals surface area contributed by atoms with Crippen LogP contribution in [0.5, 0.6) is 11.5 Å². The van der Waals surface area contributed by atoms with Gasteiger partial charge in [-0.2, -0.15) is 0 Å². The molecular weight excluding hydrogens is 418 g/mol. The fourth-order valence-corrected chi connectivity index (χ4v) is 3.66. The molecule has 0 saturated carbocycles. The second kappa shape index (κ2) is 12.7. The fourth-order valence-electron chi connectivity index (χ4n) is 3.66. The minimum absolute atomic E-state index is 0. The average molecular weight is 450 g/mol. The van der Waals surface area contributed by atoms with Gasteiger partial charge in [-0.1, -0.05) is 54.6 Å². The van der Waals surface area contributed by atoms with Crippen molar-refractivity contribution in [3.05, 3.63) is 109 Å². The van der Waals surface area contributed by atoms with E-state index in [0.29, 0.717) is 6.42 Å². The third kappa shape index (κ3) is 6.49. The number of hydrogen-bond acceptors (Lipinski definition) is 3. The molecule has 3 rings (SSSR count). The summed E-state index contributed by atoms with van der Waals surface area (Å²) in [6.07, 6.45) is 5.88. The van der Waals surface area contributed by atoms with Crippen LogP contribution in [0.1, 0.15) is 29.2 Å². The smallest absolute Gasteiger partial charge is 0.128 e. The monoisotopic (exact) mass is 449 g/mol. The van der Waals surface area contributed by atoms with Gasteiger partial charge < -0.3 is 15.2 Å². The van der Waals surface area contributed by atoms with Crippen molar-refractivity contribution < 1.29 is 9.84 Å². The molecule has 0 amide bonds. The Morgan fingerprint density at radius 1 is 0.969 bits per heavy atom. The molecule has 0 aliphatic rings. The van der Waals surface area contributed by atoms with E-state index in [1.807, 2.05) is 49.5 Å². The predicted molar refractivity (Wildman–Crippen MR) is 137 cm³/mol. The van der Waals surface area contributed by atoms with Crippen LogP contribution in [-0.2, 0) is 12.8 Å². The van der Waals surface area contributed by atoms with Crippen molar-refractivity contribution in [3.63, 3.8) is 0 Å². The topological polar surface area (TPSA) is 41.5 Å². The summed E-state index contributed by atoms with van der Waals surface area (Å²) in [4.78, 5) is 0. The zero-order chi connectivity index (χ0) is 22.1. The van der Waals surface area contributed by atoms with E-state index in [1.54, 1.807) is 12.1 Å². The molecule has 0 fully saturated rings. The van der Waals surface area contributed by atoms with Crippen LogP contribution in [0.25, 0.3) is 11.1 Å². The van der Waals surface area contributed by atoms with Gasteiger partial charge in [0, 0.05) is 12.0 Å². The highest BCUT2D eigenvalue weighted by atomic mass is 35.5. The number of ether oxygens (including phenoxy) is 1. The normalized spacial score (nSPS) is 11.3. The van der Waals surface area contributed by atoms with E-state index in [1.165, 1.54) is 5.56 Å². The summed E-state index contributed by atoms with van der Waals surface area (Å²) in [6, 6.07) is 22.3. The van der Waals surface area contributed by atoms with Crippen molar-refractivity contribution in [2.24, 2.45) is 0 Å². The van der Waals surface area contributed by atoms with Crippen molar-refractivity contribution in [1.29, 1.82) is 0 Å². The lowest BCUT2D eigenvalue weighted by Crippen LogP contribution is -2.16. The van der Waals surface area contributed by atoms with Gasteiger partial charge in [-0.15, -0.1) is 25.6 Å². The van der Waals surface area contributed by atoms with Crippen LogP contribution in [0.3, 0.4) is 0 Å². The number of hydrogen-bond donors (Lipinski definition) is 2. The van der Waals surface area contributed by atoms with Gasteiger partial charge in [0.25, 0.3) is 0 Å². The third-order valence-corrected chi connectivity index (χ3v) is 5.28. The van der Waals surface area contributed by atoms with E-state index < -0.39 is 0 Å². The van der Waals surface area contributed by atoms with Crippen LogP contribution in [0, 0.1) is 0 Å². The van der Waals surface area contributed by atoms with Gasteiger partial charge in [-0.3, -0.25) is 0 Å². The first-order chi connectivity index (χ1) is 15.2. The van der Waals surface area contributed by atoms with Gasteiger partial charge in [0.1, 0.15) is 17.6 Å². The van der Waals surface area contributed by atoms with Gasteiger partial charge in [0.2, 0.25) is 0 Å². The number of halogens is 1. The third-order valence-electron chi connectivity index (χ3n) is 5.28. The van der Waals surface area contributed by atoms with Crippen LogP contribution in [0.15, 0.2) is 92.0 Å². The Labute approximate surface area is 197 Å². The van der Waals surface area contributed by atoms with Gasteiger partial charge in [-0.25, -0.2) is 0 Å². The second-order valence-electron chi connectivity index (χ2n) is 7.57. The molecule has 1 atom stereocenters. The molecule has 2 N–H and O–H groups in total. The lowest BCUT2D eigenvalue weighted by Gasteiger charge is -2.22. The molecule has 0 bridgehead atoms. The maximum Gasteiger partial charge on any atom is 0.128 e. The summed E-state index contributed by atoms with van der Waals surface area (Å²) in [6.45, 7) is 8.53. The molecule has 168 valence electrons. The molecule has 3 aromatic rings. The molecule has 32 heavy (non-hydrogen) atoms. The molecule has 0 radical (unpaired) electrons. The Kier molecular flexibility index (Phi) is 10.1. The second-order valence-corrected chi connectivity index (χ2v) is 7.57. The summed E-state index contributed by atoms with van der Waals surface area (Å²) in [5, 5.41) is 13.4. The van der Waals surface area contributed by atoms with Crippen LogP contribution in [0.4, 0.5) is 0 Å². The number of phenolic OH excluding ortho intramolecular Hbond substituents is 1. The predicted octanol–water partition coefficient (Wildman–Crippen LogP) is 6.67. The maximum atomic E-state index is 10.2. The van der Waals surface area contributed by atoms with E-state index in [4.69, 9.17) is 4.74 Å². The zero-order valence-corrected chi connectivity index (χ0v) is 19.4. The number of aromatic hydroxyl groups is 1. The first-order valence-corrected chi connectivity index (χ1v) is 10.7. The largest absolute Gasteiger partial charge is 0.508 e. The summed E-state index contributed by atoms with van der Waals surface area (Å²) in [5.74, 6) is 1.11. The molecule has 0 aliphatic heterocycles. The van der Waals surface area contributed by atoms with E-state index in [0.717, 1.165) is 47.4 Å². The number of allylic oxidation sites excluding steroid dienone is 2. The first-order valence-electron chi connectivity index (χ1n) is 10.7. The zero-order valence-electron chi connectivity index (χ0n) is 18.6. The Hall–Kier alpha value is -3.01. The highest BCUT2D eigenvalue weighted by Crippen LogP contribution is 2.37. The van der Waals surface area contributed by atoms with E-state index in [-0.39, 0.29) is 24.3 Å². The van der Waals surface area contributed by atoms with Crippen molar-refractivity contribution >= 4 is 12.4 Å². The minimum atomic E-state index is -0.0672. The van der Waals surface area contributed by atoms with E-state index in [9.17, 15) is 5.11 Å². The lowest BCUT2D eigenvalue weighted by atomic mass is 9.97. The maximum absolute atomic E-state index is 10.2. The molecule has 0 aromatic heterocycles. The Morgan fingerprint density at radius 2 is 1.72 bits per heavy atom. The number of nitrogens with one attached hydrogen (secondary N) is 1. The molecule has 3 aromatic carbocycles. The quantitative estimate of drug-likeness (QED) is 0.321. The molecule has 0 saturated heterocycles. The number of benzene rings is 3. The highest BCUT2D eigenvalue weighted by Gasteiger charge is 2.17. The molecule has 4 heteroatoms. The first kappa shape index (κ1) is 25.3. The molecule has 0 aliphatic carbocycles. The Balaban J connectivity index is 0.00000363. The lowest BCUT2D eigenvalue weighted by molar-refractivity contribution is 0.196. The van der Waals surface area contributed by atoms with Crippen molar-refractivity contribution in [1.82, 2.24) is 5.32 Å². The molecule has 3 nitrogen and oxygen atoms in total. The highest BCUT2D eigenvalue weighted by molar-refractivity contribution is 5.85. The number of rotatable bonds is 11.